The third-order valence-electron chi connectivity index (χ3n) is 5.92. The van der Waals surface area contributed by atoms with Crippen molar-refractivity contribution in [3.05, 3.63) is 46.5 Å². The molecule has 5 heteroatoms. The molecule has 25 heavy (non-hydrogen) atoms. The Balaban J connectivity index is 1.36. The van der Waals surface area contributed by atoms with Gasteiger partial charge in [0.05, 0.1) is 0 Å². The Morgan fingerprint density at radius 2 is 2.04 bits per heavy atom. The van der Waals surface area contributed by atoms with Crippen LogP contribution in [0.4, 0.5) is 0 Å². The second kappa shape index (κ2) is 7.12. The minimum absolute atomic E-state index is 0.272. The molecule has 2 aliphatic heterocycles. The SMILES string of the molecule is CN=C(NCC1(c2ccccc2Br)CC1)N1CCC(N2CC=CC2)C1. The number of nitrogens with zero attached hydrogens (tertiary/aromatic N) is 3. The molecule has 134 valence electrons. The van der Waals surface area contributed by atoms with Crippen molar-refractivity contribution >= 4 is 21.9 Å². The molecule has 1 aliphatic carbocycles. The van der Waals surface area contributed by atoms with Crippen LogP contribution in [0.2, 0.25) is 0 Å². The van der Waals surface area contributed by atoms with E-state index in [1.807, 2.05) is 7.05 Å². The highest BCUT2D eigenvalue weighted by Crippen LogP contribution is 2.49. The fraction of sp³-hybridized carbons (Fsp3) is 0.550. The van der Waals surface area contributed by atoms with Crippen LogP contribution in [0.15, 0.2) is 45.9 Å². The molecule has 2 fully saturated rings. The molecule has 1 aromatic carbocycles. The molecule has 1 N–H and O–H groups in total. The first-order chi connectivity index (χ1) is 12.2. The number of nitrogens with one attached hydrogen (secondary N) is 1. The van der Waals surface area contributed by atoms with Crippen LogP contribution in [0, 0.1) is 0 Å². The molecule has 1 aromatic rings. The first-order valence-corrected chi connectivity index (χ1v) is 10.1. The Labute approximate surface area is 159 Å². The van der Waals surface area contributed by atoms with E-state index in [4.69, 9.17) is 0 Å². The minimum atomic E-state index is 0.272. The van der Waals surface area contributed by atoms with Crippen molar-refractivity contribution in [3.8, 4) is 0 Å². The van der Waals surface area contributed by atoms with Gasteiger partial charge in [-0.25, -0.2) is 0 Å². The monoisotopic (exact) mass is 402 g/mol. The van der Waals surface area contributed by atoms with Crippen LogP contribution in [0.1, 0.15) is 24.8 Å². The summed E-state index contributed by atoms with van der Waals surface area (Å²) in [5, 5.41) is 3.67. The normalized spacial score (nSPS) is 25.6. The fourth-order valence-electron chi connectivity index (χ4n) is 4.19. The molecule has 1 atom stereocenters. The Bertz CT molecular complexity index is 672. The molecule has 1 unspecified atom stereocenters. The number of hydrogen-bond donors (Lipinski definition) is 1. The van der Waals surface area contributed by atoms with Gasteiger partial charge >= 0.3 is 0 Å². The maximum atomic E-state index is 4.56. The van der Waals surface area contributed by atoms with Gasteiger partial charge < -0.3 is 10.2 Å². The molecule has 4 rings (SSSR count). The predicted molar refractivity (Wildman–Crippen MR) is 107 cm³/mol. The number of guanidine groups is 1. The lowest BCUT2D eigenvalue weighted by Gasteiger charge is -2.27. The molecule has 0 amide bonds. The van der Waals surface area contributed by atoms with Crippen LogP contribution in [-0.2, 0) is 5.41 Å². The van der Waals surface area contributed by atoms with E-state index in [9.17, 15) is 0 Å². The summed E-state index contributed by atoms with van der Waals surface area (Å²) in [6.45, 7) is 5.37. The van der Waals surface area contributed by atoms with Crippen LogP contribution in [-0.4, -0.2) is 61.6 Å². The van der Waals surface area contributed by atoms with Crippen molar-refractivity contribution in [2.75, 3.05) is 39.8 Å². The largest absolute Gasteiger partial charge is 0.355 e. The highest BCUT2D eigenvalue weighted by atomic mass is 79.9. The number of likely N-dealkylation sites (tertiary alicyclic amines) is 1. The van der Waals surface area contributed by atoms with Crippen LogP contribution in [0.25, 0.3) is 0 Å². The van der Waals surface area contributed by atoms with Crippen molar-refractivity contribution in [1.82, 2.24) is 15.1 Å². The number of halogens is 1. The Morgan fingerprint density at radius 3 is 2.72 bits per heavy atom. The van der Waals surface area contributed by atoms with Gasteiger partial charge in [-0.2, -0.15) is 0 Å². The smallest absolute Gasteiger partial charge is 0.193 e. The highest BCUT2D eigenvalue weighted by molar-refractivity contribution is 9.10. The maximum Gasteiger partial charge on any atom is 0.193 e. The van der Waals surface area contributed by atoms with E-state index >= 15 is 0 Å². The summed E-state index contributed by atoms with van der Waals surface area (Å²) in [7, 11) is 1.91. The van der Waals surface area contributed by atoms with E-state index in [0.717, 1.165) is 38.7 Å². The Morgan fingerprint density at radius 1 is 1.28 bits per heavy atom. The molecular formula is C20H27BrN4. The van der Waals surface area contributed by atoms with E-state index in [-0.39, 0.29) is 5.41 Å². The van der Waals surface area contributed by atoms with Gasteiger partial charge in [-0.3, -0.25) is 9.89 Å². The van der Waals surface area contributed by atoms with Gasteiger partial charge in [0.25, 0.3) is 0 Å². The van der Waals surface area contributed by atoms with Crippen LogP contribution in [0.3, 0.4) is 0 Å². The molecule has 1 saturated carbocycles. The zero-order chi connectivity index (χ0) is 17.3. The second-order valence-electron chi connectivity index (χ2n) is 7.47. The molecule has 0 spiro atoms. The second-order valence-corrected chi connectivity index (χ2v) is 8.33. The number of benzene rings is 1. The van der Waals surface area contributed by atoms with Crippen molar-refractivity contribution < 1.29 is 0 Å². The van der Waals surface area contributed by atoms with E-state index in [0.29, 0.717) is 6.04 Å². The van der Waals surface area contributed by atoms with E-state index < -0.39 is 0 Å². The molecule has 0 aromatic heterocycles. The summed E-state index contributed by atoms with van der Waals surface area (Å²) >= 11 is 3.73. The Hall–Kier alpha value is -1.33. The molecule has 4 nitrogen and oxygen atoms in total. The predicted octanol–water partition coefficient (Wildman–Crippen LogP) is 3.00. The summed E-state index contributed by atoms with van der Waals surface area (Å²) in [5.41, 5.74) is 1.70. The average molecular weight is 403 g/mol. The highest BCUT2D eigenvalue weighted by Gasteiger charge is 2.45. The molecule has 2 heterocycles. The third kappa shape index (κ3) is 3.49. The summed E-state index contributed by atoms with van der Waals surface area (Å²) in [6, 6.07) is 9.30. The van der Waals surface area contributed by atoms with Crippen LogP contribution >= 0.6 is 15.9 Å². The van der Waals surface area contributed by atoms with Crippen molar-refractivity contribution in [1.29, 1.82) is 0 Å². The zero-order valence-corrected chi connectivity index (χ0v) is 16.5. The summed E-state index contributed by atoms with van der Waals surface area (Å²) in [4.78, 5) is 9.56. The van der Waals surface area contributed by atoms with Gasteiger partial charge in [-0.05, 0) is 30.9 Å². The van der Waals surface area contributed by atoms with E-state index in [1.165, 1.54) is 29.3 Å². The van der Waals surface area contributed by atoms with Crippen molar-refractivity contribution in [2.24, 2.45) is 4.99 Å². The topological polar surface area (TPSA) is 30.9 Å². The molecule has 0 bridgehead atoms. The molecule has 1 saturated heterocycles. The van der Waals surface area contributed by atoms with Gasteiger partial charge in [-0.15, -0.1) is 0 Å². The third-order valence-corrected chi connectivity index (χ3v) is 6.61. The van der Waals surface area contributed by atoms with Gasteiger partial charge in [0, 0.05) is 55.7 Å². The first-order valence-electron chi connectivity index (χ1n) is 9.31. The lowest BCUT2D eigenvalue weighted by Crippen LogP contribution is -2.45. The van der Waals surface area contributed by atoms with Gasteiger partial charge in [-0.1, -0.05) is 46.3 Å². The van der Waals surface area contributed by atoms with E-state index in [1.54, 1.807) is 0 Å². The van der Waals surface area contributed by atoms with Crippen LogP contribution < -0.4 is 5.32 Å². The number of rotatable bonds is 4. The average Bonchev–Trinajstić information content (AvgIpc) is 3.03. The van der Waals surface area contributed by atoms with Crippen LogP contribution in [0.5, 0.6) is 0 Å². The summed E-state index contributed by atoms with van der Waals surface area (Å²) in [6.07, 6.45) is 8.30. The molecule has 0 radical (unpaired) electrons. The lowest BCUT2D eigenvalue weighted by molar-refractivity contribution is 0.259. The molecule has 3 aliphatic rings. The summed E-state index contributed by atoms with van der Waals surface area (Å²) < 4.78 is 1.23. The molecular weight excluding hydrogens is 376 g/mol. The van der Waals surface area contributed by atoms with E-state index in [2.05, 4.69) is 72.5 Å². The fourth-order valence-corrected chi connectivity index (χ4v) is 4.89. The van der Waals surface area contributed by atoms with Gasteiger partial charge in [0.2, 0.25) is 0 Å². The number of hydrogen-bond acceptors (Lipinski definition) is 2. The first kappa shape index (κ1) is 17.1. The van der Waals surface area contributed by atoms with Crippen molar-refractivity contribution in [3.63, 3.8) is 0 Å². The standard InChI is InChI=1S/C20H27BrN4/c1-22-19(25-13-8-16(14-25)24-11-4-5-12-24)23-15-20(9-10-20)17-6-2-3-7-18(17)21/h2-7,16H,8-15H2,1H3,(H,22,23). The van der Waals surface area contributed by atoms with Gasteiger partial charge in [0.1, 0.15) is 0 Å². The minimum Gasteiger partial charge on any atom is -0.355 e. The maximum absolute atomic E-state index is 4.56. The quantitative estimate of drug-likeness (QED) is 0.477. The zero-order valence-electron chi connectivity index (χ0n) is 14.9. The number of aliphatic imine (C=N–C) groups is 1. The van der Waals surface area contributed by atoms with Gasteiger partial charge in [0.15, 0.2) is 5.96 Å². The van der Waals surface area contributed by atoms with Crippen molar-refractivity contribution in [2.45, 2.75) is 30.7 Å². The Kier molecular flexibility index (Phi) is 4.87. The summed E-state index contributed by atoms with van der Waals surface area (Å²) in [5.74, 6) is 1.06. The lowest BCUT2D eigenvalue weighted by atomic mass is 9.96.